The fraction of sp³-hybridized carbons (Fsp3) is 0.278. The number of quaternary nitrogens is 1. The van der Waals surface area contributed by atoms with Crippen LogP contribution in [0, 0.1) is 0 Å². The number of likely N-dealkylation sites (N-methyl/N-ethyl adjacent to an activating group) is 1. The summed E-state index contributed by atoms with van der Waals surface area (Å²) < 4.78 is 0. The molecule has 0 atom stereocenters. The number of hydrogen-bond donors (Lipinski definition) is 4. The summed E-state index contributed by atoms with van der Waals surface area (Å²) in [5.74, 6) is 0. The van der Waals surface area contributed by atoms with Gasteiger partial charge in [0.25, 0.3) is 0 Å². The van der Waals surface area contributed by atoms with Crippen LogP contribution < -0.4 is 21.0 Å². The van der Waals surface area contributed by atoms with Crippen LogP contribution in [0.2, 0.25) is 0 Å². The summed E-state index contributed by atoms with van der Waals surface area (Å²) >= 11 is 5.40. The van der Waals surface area contributed by atoms with Crippen LogP contribution in [0.25, 0.3) is 0 Å². The second-order valence-corrected chi connectivity index (χ2v) is 6.49. The molecule has 0 bridgehead atoms. The molecule has 0 radical (unpaired) electrons. The van der Waals surface area contributed by atoms with Crippen molar-refractivity contribution in [1.82, 2.24) is 10.4 Å². The molecule has 1 saturated heterocycles. The van der Waals surface area contributed by atoms with Crippen LogP contribution in [0.3, 0.4) is 0 Å². The maximum Gasteiger partial charge on any atom is 0.185 e. The van der Waals surface area contributed by atoms with Crippen LogP contribution in [-0.4, -0.2) is 43.3 Å². The first-order chi connectivity index (χ1) is 11.7. The van der Waals surface area contributed by atoms with Crippen molar-refractivity contribution in [2.45, 2.75) is 0 Å². The molecule has 0 unspecified atom stereocenters. The second kappa shape index (κ2) is 8.10. The number of nitrogens with zero attached hydrogens (tertiary/aromatic N) is 1. The molecule has 5 nitrogen and oxygen atoms in total. The van der Waals surface area contributed by atoms with Crippen LogP contribution in [0.4, 0.5) is 17.1 Å². The lowest BCUT2D eigenvalue weighted by molar-refractivity contribution is -0.884. The molecule has 0 spiro atoms. The largest absolute Gasteiger partial charge is 0.356 e. The van der Waals surface area contributed by atoms with Crippen LogP contribution in [0.15, 0.2) is 54.6 Å². The molecule has 1 heterocycles. The third-order valence-electron chi connectivity index (χ3n) is 4.08. The second-order valence-electron chi connectivity index (χ2n) is 6.08. The molecule has 1 aliphatic heterocycles. The zero-order valence-corrected chi connectivity index (χ0v) is 14.7. The van der Waals surface area contributed by atoms with Crippen molar-refractivity contribution in [3.63, 3.8) is 0 Å². The maximum atomic E-state index is 5.40. The van der Waals surface area contributed by atoms with Crippen molar-refractivity contribution in [3.05, 3.63) is 54.6 Å². The van der Waals surface area contributed by atoms with E-state index in [1.165, 1.54) is 0 Å². The van der Waals surface area contributed by atoms with E-state index in [9.17, 15) is 0 Å². The summed E-state index contributed by atoms with van der Waals surface area (Å²) in [5, 5.41) is 9.41. The first kappa shape index (κ1) is 16.7. The van der Waals surface area contributed by atoms with Gasteiger partial charge in [0.05, 0.1) is 33.2 Å². The normalized spacial score (nSPS) is 15.7. The highest BCUT2D eigenvalue weighted by atomic mass is 32.1. The third kappa shape index (κ3) is 4.92. The highest BCUT2D eigenvalue weighted by Crippen LogP contribution is 2.18. The van der Waals surface area contributed by atoms with E-state index in [1.54, 1.807) is 4.90 Å². The van der Waals surface area contributed by atoms with Gasteiger partial charge >= 0.3 is 0 Å². The third-order valence-corrected chi connectivity index (χ3v) is 4.28. The van der Waals surface area contributed by atoms with E-state index < -0.39 is 0 Å². The SMILES string of the molecule is C[NH+]1CCN(NC(=S)Nc2ccc(Nc3ccccc3)cc2)CC1. The van der Waals surface area contributed by atoms with Crippen LogP contribution in [0.5, 0.6) is 0 Å². The minimum atomic E-state index is 0.637. The summed E-state index contributed by atoms with van der Waals surface area (Å²) in [7, 11) is 2.22. The highest BCUT2D eigenvalue weighted by molar-refractivity contribution is 7.80. The van der Waals surface area contributed by atoms with Gasteiger partial charge in [0, 0.05) is 17.1 Å². The number of nitrogens with one attached hydrogen (secondary N) is 4. The Kier molecular flexibility index (Phi) is 5.63. The van der Waals surface area contributed by atoms with Crippen molar-refractivity contribution in [2.24, 2.45) is 0 Å². The molecule has 2 aromatic rings. The molecule has 6 heteroatoms. The van der Waals surface area contributed by atoms with Crippen molar-refractivity contribution >= 4 is 34.4 Å². The standard InChI is InChI=1S/C18H23N5S/c1-22-11-13-23(14-12-22)21-18(24)20-17-9-7-16(8-10-17)19-15-5-3-2-4-6-15/h2-10,19H,11-14H2,1H3,(H2,20,21,24)/p+1. The predicted molar refractivity (Wildman–Crippen MR) is 104 cm³/mol. The van der Waals surface area contributed by atoms with E-state index in [0.29, 0.717) is 5.11 Å². The van der Waals surface area contributed by atoms with Gasteiger partial charge in [-0.15, -0.1) is 0 Å². The number of hydrogen-bond acceptors (Lipinski definition) is 3. The molecule has 2 aromatic carbocycles. The maximum absolute atomic E-state index is 5.40. The highest BCUT2D eigenvalue weighted by Gasteiger charge is 2.16. The Morgan fingerprint density at radius 2 is 1.50 bits per heavy atom. The fourth-order valence-corrected chi connectivity index (χ4v) is 2.87. The summed E-state index contributed by atoms with van der Waals surface area (Å²) in [6, 6.07) is 18.2. The zero-order valence-electron chi connectivity index (χ0n) is 13.9. The van der Waals surface area contributed by atoms with Crippen molar-refractivity contribution in [2.75, 3.05) is 43.9 Å². The van der Waals surface area contributed by atoms with Crippen molar-refractivity contribution < 1.29 is 4.90 Å². The number of hydrazine groups is 1. The predicted octanol–water partition coefficient (Wildman–Crippen LogP) is 1.46. The van der Waals surface area contributed by atoms with Crippen LogP contribution in [-0.2, 0) is 0 Å². The van der Waals surface area contributed by atoms with E-state index in [1.807, 2.05) is 54.6 Å². The molecule has 1 fully saturated rings. The first-order valence-corrected chi connectivity index (χ1v) is 8.66. The van der Waals surface area contributed by atoms with Crippen LogP contribution >= 0.6 is 12.2 Å². The van der Waals surface area contributed by atoms with E-state index in [0.717, 1.165) is 43.2 Å². The summed E-state index contributed by atoms with van der Waals surface area (Å²) in [6.07, 6.45) is 0. The molecular weight excluding hydrogens is 318 g/mol. The Bertz CT molecular complexity index is 651. The Morgan fingerprint density at radius 3 is 2.17 bits per heavy atom. The average Bonchev–Trinajstić information content (AvgIpc) is 2.60. The van der Waals surface area contributed by atoms with Gasteiger partial charge in [-0.05, 0) is 48.6 Å². The van der Waals surface area contributed by atoms with Gasteiger partial charge in [-0.25, -0.2) is 5.01 Å². The molecule has 126 valence electrons. The van der Waals surface area contributed by atoms with Crippen LogP contribution in [0.1, 0.15) is 0 Å². The number of benzene rings is 2. The minimum absolute atomic E-state index is 0.637. The molecule has 0 aliphatic carbocycles. The van der Waals surface area contributed by atoms with Gasteiger partial charge in [-0.2, -0.15) is 0 Å². The minimum Gasteiger partial charge on any atom is -0.356 e. The van der Waals surface area contributed by atoms with E-state index >= 15 is 0 Å². The summed E-state index contributed by atoms with van der Waals surface area (Å²) in [6.45, 7) is 4.28. The van der Waals surface area contributed by atoms with Crippen molar-refractivity contribution in [1.29, 1.82) is 0 Å². The molecule has 0 amide bonds. The molecule has 0 saturated carbocycles. The molecule has 4 N–H and O–H groups in total. The lowest BCUT2D eigenvalue weighted by Crippen LogP contribution is -3.12. The quantitative estimate of drug-likeness (QED) is 0.634. The van der Waals surface area contributed by atoms with Crippen molar-refractivity contribution in [3.8, 4) is 0 Å². The Labute approximate surface area is 148 Å². The van der Waals surface area contributed by atoms with Gasteiger partial charge in [0.15, 0.2) is 5.11 Å². The van der Waals surface area contributed by atoms with Gasteiger partial charge in [-0.3, -0.25) is 5.43 Å². The topological polar surface area (TPSA) is 43.8 Å². The number of thiocarbonyl (C=S) groups is 1. The van der Waals surface area contributed by atoms with Gasteiger partial charge < -0.3 is 15.5 Å². The van der Waals surface area contributed by atoms with Gasteiger partial charge in [-0.1, -0.05) is 18.2 Å². The number of piperazine rings is 1. The lowest BCUT2D eigenvalue weighted by Gasteiger charge is -2.31. The molecule has 1 aliphatic rings. The lowest BCUT2D eigenvalue weighted by atomic mass is 10.2. The zero-order chi connectivity index (χ0) is 16.8. The fourth-order valence-electron chi connectivity index (χ4n) is 2.63. The molecule has 24 heavy (non-hydrogen) atoms. The molecule has 0 aromatic heterocycles. The number of para-hydroxylation sites is 1. The van der Waals surface area contributed by atoms with E-state index in [-0.39, 0.29) is 0 Å². The smallest absolute Gasteiger partial charge is 0.185 e. The monoisotopic (exact) mass is 342 g/mol. The first-order valence-electron chi connectivity index (χ1n) is 8.25. The molecule has 3 rings (SSSR count). The Hall–Kier alpha value is -2.15. The average molecular weight is 342 g/mol. The van der Waals surface area contributed by atoms with Gasteiger partial charge in [0.1, 0.15) is 0 Å². The summed E-state index contributed by atoms with van der Waals surface area (Å²) in [4.78, 5) is 1.56. The van der Waals surface area contributed by atoms with E-state index in [4.69, 9.17) is 12.2 Å². The van der Waals surface area contributed by atoms with E-state index in [2.05, 4.69) is 28.1 Å². The Balaban J connectivity index is 1.49. The number of anilines is 3. The summed E-state index contributed by atoms with van der Waals surface area (Å²) in [5.41, 5.74) is 6.37. The Morgan fingerprint density at radius 1 is 0.917 bits per heavy atom. The molecular formula is C18H24N5S+. The number of rotatable bonds is 4. The van der Waals surface area contributed by atoms with Gasteiger partial charge in [0.2, 0.25) is 0 Å².